The molecule has 2 rings (SSSR count). The molecule has 0 saturated carbocycles. The van der Waals surface area contributed by atoms with Gasteiger partial charge in [-0.25, -0.2) is 0 Å². The standard InChI is InChI=1S/C17H24O2/c1-6-7-8-14(18)19-16-13-10-12(17(3,4)5)9-11(2)15(13)16/h9-10,16H,6-8H2,1-5H3. The Kier molecular flexibility index (Phi) is 3.71. The second-order valence-corrected chi connectivity index (χ2v) is 6.52. The molecule has 1 aliphatic rings. The maximum Gasteiger partial charge on any atom is 0.306 e. The van der Waals surface area contributed by atoms with Gasteiger partial charge in [-0.15, -0.1) is 0 Å². The molecule has 2 heteroatoms. The maximum absolute atomic E-state index is 11.7. The Hall–Kier alpha value is -1.31. The molecule has 0 N–H and O–H groups in total. The van der Waals surface area contributed by atoms with E-state index in [0.29, 0.717) is 6.42 Å². The molecular weight excluding hydrogens is 236 g/mol. The normalized spacial score (nSPS) is 17.0. The molecule has 0 aromatic heterocycles. The number of ether oxygens (including phenoxy) is 1. The average Bonchev–Trinajstić information content (AvgIpc) is 2.99. The zero-order valence-corrected chi connectivity index (χ0v) is 12.7. The van der Waals surface area contributed by atoms with Gasteiger partial charge in [0, 0.05) is 17.5 Å². The van der Waals surface area contributed by atoms with E-state index in [9.17, 15) is 4.79 Å². The van der Waals surface area contributed by atoms with Crippen LogP contribution in [-0.4, -0.2) is 5.97 Å². The van der Waals surface area contributed by atoms with E-state index in [1.54, 1.807) is 0 Å². The van der Waals surface area contributed by atoms with E-state index in [4.69, 9.17) is 4.74 Å². The van der Waals surface area contributed by atoms with Gasteiger partial charge < -0.3 is 4.74 Å². The van der Waals surface area contributed by atoms with Crippen molar-refractivity contribution in [2.45, 2.75) is 65.4 Å². The fourth-order valence-corrected chi connectivity index (χ4v) is 2.39. The van der Waals surface area contributed by atoms with E-state index in [1.807, 2.05) is 0 Å². The summed E-state index contributed by atoms with van der Waals surface area (Å²) in [6, 6.07) is 4.42. The van der Waals surface area contributed by atoms with Crippen molar-refractivity contribution in [3.8, 4) is 0 Å². The lowest BCUT2D eigenvalue weighted by atomic mass is 9.86. The maximum atomic E-state index is 11.7. The number of benzene rings is 1. The van der Waals surface area contributed by atoms with Crippen LogP contribution in [0.4, 0.5) is 0 Å². The number of hydrogen-bond acceptors (Lipinski definition) is 2. The van der Waals surface area contributed by atoms with Gasteiger partial charge in [0.05, 0.1) is 0 Å². The van der Waals surface area contributed by atoms with Crippen LogP contribution in [0, 0.1) is 6.92 Å². The van der Waals surface area contributed by atoms with Gasteiger partial charge in [-0.3, -0.25) is 4.79 Å². The lowest BCUT2D eigenvalue weighted by Crippen LogP contribution is -2.10. The zero-order valence-electron chi connectivity index (χ0n) is 12.7. The number of fused-ring (bicyclic) bond motifs is 1. The molecule has 1 aromatic carbocycles. The molecule has 0 aliphatic heterocycles. The fraction of sp³-hybridized carbons (Fsp3) is 0.588. The SMILES string of the molecule is CCCCC(=O)OC1c2cc(C(C)(C)C)cc(C)c21. The highest BCUT2D eigenvalue weighted by molar-refractivity contribution is 5.72. The van der Waals surface area contributed by atoms with Crippen LogP contribution in [-0.2, 0) is 14.9 Å². The molecule has 0 bridgehead atoms. The molecule has 1 atom stereocenters. The molecule has 2 nitrogen and oxygen atoms in total. The minimum absolute atomic E-state index is 0.0690. The van der Waals surface area contributed by atoms with E-state index in [2.05, 4.69) is 46.8 Å². The lowest BCUT2D eigenvalue weighted by Gasteiger charge is -2.18. The summed E-state index contributed by atoms with van der Waals surface area (Å²) in [5, 5.41) is 0. The quantitative estimate of drug-likeness (QED) is 0.749. The van der Waals surface area contributed by atoms with Crippen molar-refractivity contribution < 1.29 is 9.53 Å². The van der Waals surface area contributed by atoms with Crippen molar-refractivity contribution in [1.29, 1.82) is 0 Å². The molecule has 1 aromatic rings. The summed E-state index contributed by atoms with van der Waals surface area (Å²) >= 11 is 0. The van der Waals surface area contributed by atoms with Gasteiger partial charge in [-0.05, 0) is 29.9 Å². The van der Waals surface area contributed by atoms with E-state index in [1.165, 1.54) is 22.3 Å². The Bertz CT molecular complexity index is 495. The topological polar surface area (TPSA) is 26.3 Å². The summed E-state index contributed by atoms with van der Waals surface area (Å²) in [4.78, 5) is 11.7. The Labute approximate surface area is 116 Å². The van der Waals surface area contributed by atoms with Crippen molar-refractivity contribution in [2.75, 3.05) is 0 Å². The lowest BCUT2D eigenvalue weighted by molar-refractivity contribution is -0.145. The van der Waals surface area contributed by atoms with Crippen LogP contribution in [0.5, 0.6) is 0 Å². The van der Waals surface area contributed by atoms with Gasteiger partial charge in [0.2, 0.25) is 0 Å². The van der Waals surface area contributed by atoms with Crippen LogP contribution in [0.15, 0.2) is 12.1 Å². The van der Waals surface area contributed by atoms with E-state index < -0.39 is 0 Å². The number of hydrogen-bond donors (Lipinski definition) is 0. The first-order valence-electron chi connectivity index (χ1n) is 7.19. The first-order valence-corrected chi connectivity index (χ1v) is 7.19. The molecule has 104 valence electrons. The van der Waals surface area contributed by atoms with Gasteiger partial charge >= 0.3 is 5.97 Å². The minimum atomic E-state index is -0.0697. The van der Waals surface area contributed by atoms with Crippen LogP contribution in [0.2, 0.25) is 0 Å². The van der Waals surface area contributed by atoms with Crippen LogP contribution in [0.25, 0.3) is 0 Å². The first kappa shape index (κ1) is 14.1. The number of rotatable bonds is 4. The third-order valence-electron chi connectivity index (χ3n) is 3.73. The average molecular weight is 260 g/mol. The number of unbranched alkanes of at least 4 members (excludes halogenated alkanes) is 1. The van der Waals surface area contributed by atoms with Gasteiger partial charge in [0.25, 0.3) is 0 Å². The molecule has 0 fully saturated rings. The third-order valence-corrected chi connectivity index (χ3v) is 3.73. The predicted octanol–water partition coefficient (Wildman–Crippen LogP) is 4.43. The highest BCUT2D eigenvalue weighted by Crippen LogP contribution is 2.48. The Morgan fingerprint density at radius 3 is 2.58 bits per heavy atom. The molecule has 1 aliphatic carbocycles. The van der Waals surface area contributed by atoms with Crippen molar-refractivity contribution >= 4 is 5.97 Å². The first-order chi connectivity index (χ1) is 8.84. The summed E-state index contributed by atoms with van der Waals surface area (Å²) in [5.41, 5.74) is 5.12. The summed E-state index contributed by atoms with van der Waals surface area (Å²) < 4.78 is 5.54. The van der Waals surface area contributed by atoms with Crippen LogP contribution >= 0.6 is 0 Å². The molecule has 0 saturated heterocycles. The van der Waals surface area contributed by atoms with E-state index in [0.717, 1.165) is 12.8 Å². The minimum Gasteiger partial charge on any atom is -0.452 e. The molecule has 0 amide bonds. The highest BCUT2D eigenvalue weighted by atomic mass is 16.5. The molecule has 0 heterocycles. The summed E-state index contributed by atoms with van der Waals surface area (Å²) in [5.74, 6) is -0.0697. The number of aryl methyl sites for hydroxylation is 1. The Morgan fingerprint density at radius 1 is 1.32 bits per heavy atom. The smallest absolute Gasteiger partial charge is 0.306 e. The molecule has 19 heavy (non-hydrogen) atoms. The molecule has 0 radical (unpaired) electrons. The van der Waals surface area contributed by atoms with Gasteiger partial charge in [-0.2, -0.15) is 0 Å². The molecule has 0 spiro atoms. The van der Waals surface area contributed by atoms with Crippen molar-refractivity contribution in [3.05, 3.63) is 34.4 Å². The number of carbonyl (C=O) groups is 1. The van der Waals surface area contributed by atoms with Crippen LogP contribution < -0.4 is 0 Å². The third kappa shape index (κ3) is 2.99. The fourth-order valence-electron chi connectivity index (χ4n) is 2.39. The van der Waals surface area contributed by atoms with Crippen LogP contribution in [0.3, 0.4) is 0 Å². The summed E-state index contributed by atoms with van der Waals surface area (Å²) in [7, 11) is 0. The van der Waals surface area contributed by atoms with Crippen LogP contribution in [0.1, 0.15) is 75.3 Å². The predicted molar refractivity (Wildman–Crippen MR) is 77.3 cm³/mol. The largest absolute Gasteiger partial charge is 0.452 e. The molecular formula is C17H24O2. The van der Waals surface area contributed by atoms with Gasteiger partial charge in [-0.1, -0.05) is 46.2 Å². The monoisotopic (exact) mass is 260 g/mol. The zero-order chi connectivity index (χ0) is 14.2. The van der Waals surface area contributed by atoms with Gasteiger partial charge in [0.15, 0.2) is 6.10 Å². The second-order valence-electron chi connectivity index (χ2n) is 6.52. The van der Waals surface area contributed by atoms with Crippen molar-refractivity contribution in [1.82, 2.24) is 0 Å². The van der Waals surface area contributed by atoms with Gasteiger partial charge in [0.1, 0.15) is 0 Å². The summed E-state index contributed by atoms with van der Waals surface area (Å²) in [6.07, 6.45) is 2.40. The van der Waals surface area contributed by atoms with E-state index >= 15 is 0 Å². The number of carbonyl (C=O) groups excluding carboxylic acids is 1. The van der Waals surface area contributed by atoms with E-state index in [-0.39, 0.29) is 17.5 Å². The summed E-state index contributed by atoms with van der Waals surface area (Å²) in [6.45, 7) is 10.8. The highest BCUT2D eigenvalue weighted by Gasteiger charge is 2.39. The Balaban J connectivity index is 2.08. The second kappa shape index (κ2) is 4.99. The van der Waals surface area contributed by atoms with Crippen molar-refractivity contribution in [3.63, 3.8) is 0 Å². The van der Waals surface area contributed by atoms with Crippen molar-refractivity contribution in [2.24, 2.45) is 0 Å². The number of esters is 1. The molecule has 1 unspecified atom stereocenters. The Morgan fingerprint density at radius 2 is 2.00 bits per heavy atom.